The summed E-state index contributed by atoms with van der Waals surface area (Å²) >= 11 is 0. The summed E-state index contributed by atoms with van der Waals surface area (Å²) in [6.07, 6.45) is 0. The molecule has 110 valence electrons. The van der Waals surface area contributed by atoms with E-state index in [-0.39, 0.29) is 0 Å². The Balaban J connectivity index is 1.95. The molecule has 0 spiro atoms. The summed E-state index contributed by atoms with van der Waals surface area (Å²) in [5.74, 6) is 1.97. The topological polar surface area (TPSA) is 21.3 Å². The minimum Gasteiger partial charge on any atom is -0.493 e. The standard InChI is InChI=1S/C19H23NO/c1-13(2)15-8-4-6-10-17(15)20-19-14(3)12-21-18-11-7-5-9-16(18)19/h4-11,13-14,19-20H,12H2,1-3H3. The molecule has 1 N–H and O–H groups in total. The Bertz CT molecular complexity index is 620. The summed E-state index contributed by atoms with van der Waals surface area (Å²) in [7, 11) is 0. The average Bonchev–Trinajstić information content (AvgIpc) is 2.50. The molecule has 2 heteroatoms. The molecule has 0 radical (unpaired) electrons. The maximum absolute atomic E-state index is 5.84. The summed E-state index contributed by atoms with van der Waals surface area (Å²) in [5.41, 5.74) is 3.87. The van der Waals surface area contributed by atoms with E-state index in [2.05, 4.69) is 68.6 Å². The van der Waals surface area contributed by atoms with E-state index >= 15 is 0 Å². The van der Waals surface area contributed by atoms with Crippen molar-refractivity contribution in [2.45, 2.75) is 32.7 Å². The summed E-state index contributed by atoms with van der Waals surface area (Å²) in [6.45, 7) is 7.48. The monoisotopic (exact) mass is 281 g/mol. The van der Waals surface area contributed by atoms with E-state index in [0.717, 1.165) is 12.4 Å². The van der Waals surface area contributed by atoms with Crippen molar-refractivity contribution in [3.8, 4) is 5.75 Å². The van der Waals surface area contributed by atoms with Crippen LogP contribution in [-0.2, 0) is 0 Å². The van der Waals surface area contributed by atoms with Crippen LogP contribution in [0.4, 0.5) is 5.69 Å². The SMILES string of the molecule is CC(C)c1ccccc1NC1c2ccccc2OCC1C. The molecule has 21 heavy (non-hydrogen) atoms. The van der Waals surface area contributed by atoms with E-state index in [1.165, 1.54) is 16.8 Å². The highest BCUT2D eigenvalue weighted by Gasteiger charge is 2.28. The minimum atomic E-state index is 0.301. The molecular weight excluding hydrogens is 258 g/mol. The zero-order valence-electron chi connectivity index (χ0n) is 13.0. The van der Waals surface area contributed by atoms with Crippen molar-refractivity contribution in [3.05, 3.63) is 59.7 Å². The number of ether oxygens (including phenoxy) is 1. The molecule has 1 heterocycles. The molecule has 0 aromatic heterocycles. The van der Waals surface area contributed by atoms with Crippen LogP contribution in [0, 0.1) is 5.92 Å². The normalized spacial score (nSPS) is 20.8. The molecule has 1 aliphatic heterocycles. The van der Waals surface area contributed by atoms with Crippen molar-refractivity contribution in [1.29, 1.82) is 0 Å². The molecular formula is C19H23NO. The van der Waals surface area contributed by atoms with Gasteiger partial charge in [-0.25, -0.2) is 0 Å². The number of rotatable bonds is 3. The summed E-state index contributed by atoms with van der Waals surface area (Å²) in [5, 5.41) is 3.76. The van der Waals surface area contributed by atoms with Gasteiger partial charge in [0, 0.05) is 17.2 Å². The van der Waals surface area contributed by atoms with E-state index in [1.807, 2.05) is 6.07 Å². The van der Waals surface area contributed by atoms with Crippen LogP contribution >= 0.6 is 0 Å². The number of anilines is 1. The highest BCUT2D eigenvalue weighted by Crippen LogP contribution is 2.38. The van der Waals surface area contributed by atoms with Crippen LogP contribution in [0.2, 0.25) is 0 Å². The first kappa shape index (κ1) is 14.0. The second-order valence-corrected chi connectivity index (χ2v) is 6.19. The molecule has 0 amide bonds. The lowest BCUT2D eigenvalue weighted by Crippen LogP contribution is -2.29. The summed E-state index contributed by atoms with van der Waals surface area (Å²) in [4.78, 5) is 0. The number of hydrogen-bond acceptors (Lipinski definition) is 2. The molecule has 2 unspecified atom stereocenters. The fraction of sp³-hybridized carbons (Fsp3) is 0.368. The number of para-hydroxylation sites is 2. The quantitative estimate of drug-likeness (QED) is 0.855. The predicted octanol–water partition coefficient (Wildman–Crippen LogP) is 4.99. The Morgan fingerprint density at radius 3 is 2.57 bits per heavy atom. The average molecular weight is 281 g/mol. The minimum absolute atomic E-state index is 0.301. The molecule has 0 bridgehead atoms. The van der Waals surface area contributed by atoms with Gasteiger partial charge in [-0.05, 0) is 23.6 Å². The van der Waals surface area contributed by atoms with Crippen LogP contribution in [0.3, 0.4) is 0 Å². The predicted molar refractivity (Wildman–Crippen MR) is 88.0 cm³/mol. The third-order valence-corrected chi connectivity index (χ3v) is 4.22. The van der Waals surface area contributed by atoms with Gasteiger partial charge in [0.1, 0.15) is 5.75 Å². The first-order chi connectivity index (χ1) is 10.2. The van der Waals surface area contributed by atoms with E-state index < -0.39 is 0 Å². The zero-order valence-corrected chi connectivity index (χ0v) is 13.0. The molecule has 2 aromatic carbocycles. The number of fused-ring (bicyclic) bond motifs is 1. The van der Waals surface area contributed by atoms with Gasteiger partial charge in [0.2, 0.25) is 0 Å². The molecule has 0 fully saturated rings. The van der Waals surface area contributed by atoms with Crippen LogP contribution in [0.5, 0.6) is 5.75 Å². The molecule has 1 aliphatic rings. The zero-order chi connectivity index (χ0) is 14.8. The fourth-order valence-electron chi connectivity index (χ4n) is 3.01. The summed E-state index contributed by atoms with van der Waals surface area (Å²) < 4.78 is 5.84. The fourth-order valence-corrected chi connectivity index (χ4v) is 3.01. The number of nitrogens with one attached hydrogen (secondary N) is 1. The highest BCUT2D eigenvalue weighted by atomic mass is 16.5. The lowest BCUT2D eigenvalue weighted by molar-refractivity contribution is 0.214. The maximum atomic E-state index is 5.84. The largest absolute Gasteiger partial charge is 0.493 e. The Morgan fingerprint density at radius 1 is 1.05 bits per heavy atom. The molecule has 0 saturated heterocycles. The van der Waals surface area contributed by atoms with Crippen molar-refractivity contribution in [2.24, 2.45) is 5.92 Å². The molecule has 2 aromatic rings. The van der Waals surface area contributed by atoms with Gasteiger partial charge in [0.25, 0.3) is 0 Å². The molecule has 0 saturated carbocycles. The van der Waals surface area contributed by atoms with Crippen molar-refractivity contribution >= 4 is 5.69 Å². The van der Waals surface area contributed by atoms with Crippen LogP contribution in [0.15, 0.2) is 48.5 Å². The van der Waals surface area contributed by atoms with E-state index in [1.54, 1.807) is 0 Å². The van der Waals surface area contributed by atoms with Crippen molar-refractivity contribution in [1.82, 2.24) is 0 Å². The van der Waals surface area contributed by atoms with Gasteiger partial charge in [-0.1, -0.05) is 57.2 Å². The smallest absolute Gasteiger partial charge is 0.124 e. The third-order valence-electron chi connectivity index (χ3n) is 4.22. The summed E-state index contributed by atoms with van der Waals surface area (Å²) in [6, 6.07) is 17.3. The lowest BCUT2D eigenvalue weighted by atomic mass is 9.91. The van der Waals surface area contributed by atoms with Crippen LogP contribution < -0.4 is 10.1 Å². The maximum Gasteiger partial charge on any atom is 0.124 e. The molecule has 0 aliphatic carbocycles. The van der Waals surface area contributed by atoms with Gasteiger partial charge < -0.3 is 10.1 Å². The van der Waals surface area contributed by atoms with Gasteiger partial charge in [0.05, 0.1) is 12.6 Å². The first-order valence-corrected chi connectivity index (χ1v) is 7.74. The van der Waals surface area contributed by atoms with Gasteiger partial charge in [-0.2, -0.15) is 0 Å². The van der Waals surface area contributed by atoms with Gasteiger partial charge >= 0.3 is 0 Å². The molecule has 3 rings (SSSR count). The van der Waals surface area contributed by atoms with Crippen molar-refractivity contribution in [2.75, 3.05) is 11.9 Å². The van der Waals surface area contributed by atoms with E-state index in [4.69, 9.17) is 4.74 Å². The van der Waals surface area contributed by atoms with Crippen LogP contribution in [0.25, 0.3) is 0 Å². The van der Waals surface area contributed by atoms with E-state index in [9.17, 15) is 0 Å². The Labute approximate surface area is 127 Å². The van der Waals surface area contributed by atoms with Crippen molar-refractivity contribution in [3.63, 3.8) is 0 Å². The molecule has 2 nitrogen and oxygen atoms in total. The molecule has 2 atom stereocenters. The Morgan fingerprint density at radius 2 is 1.76 bits per heavy atom. The Hall–Kier alpha value is -1.96. The van der Waals surface area contributed by atoms with Gasteiger partial charge in [0.15, 0.2) is 0 Å². The van der Waals surface area contributed by atoms with Gasteiger partial charge in [-0.3, -0.25) is 0 Å². The van der Waals surface area contributed by atoms with Gasteiger partial charge in [-0.15, -0.1) is 0 Å². The first-order valence-electron chi connectivity index (χ1n) is 7.74. The van der Waals surface area contributed by atoms with Crippen LogP contribution in [-0.4, -0.2) is 6.61 Å². The van der Waals surface area contributed by atoms with E-state index in [0.29, 0.717) is 17.9 Å². The number of benzene rings is 2. The van der Waals surface area contributed by atoms with Crippen LogP contribution in [0.1, 0.15) is 43.9 Å². The second-order valence-electron chi connectivity index (χ2n) is 6.19. The second kappa shape index (κ2) is 5.80. The third kappa shape index (κ3) is 2.76. The lowest BCUT2D eigenvalue weighted by Gasteiger charge is -2.33. The highest BCUT2D eigenvalue weighted by molar-refractivity contribution is 5.55. The van der Waals surface area contributed by atoms with Crippen molar-refractivity contribution < 1.29 is 4.74 Å². The number of hydrogen-bond donors (Lipinski definition) is 1. The Kier molecular flexibility index (Phi) is 3.87.